The van der Waals surface area contributed by atoms with Crippen LogP contribution in [-0.2, 0) is 28.9 Å². The van der Waals surface area contributed by atoms with Crippen molar-refractivity contribution in [3.05, 3.63) is 102 Å². The molecule has 0 saturated heterocycles. The highest BCUT2D eigenvalue weighted by Gasteiger charge is 2.40. The Morgan fingerprint density at radius 1 is 0.860 bits per heavy atom. The molecule has 0 aliphatic heterocycles. The summed E-state index contributed by atoms with van der Waals surface area (Å²) in [5.41, 5.74) is 7.62. The van der Waals surface area contributed by atoms with Crippen molar-refractivity contribution in [2.45, 2.75) is 89.9 Å². The summed E-state index contributed by atoms with van der Waals surface area (Å²) in [6.45, 7) is 9.02. The number of nitrogens with two attached hydrogens (primary N) is 1. The lowest BCUT2D eigenvalue weighted by Gasteiger charge is -2.42. The first-order valence-corrected chi connectivity index (χ1v) is 17.0. The van der Waals surface area contributed by atoms with Crippen molar-refractivity contribution in [1.29, 1.82) is 0 Å². The molecule has 5 atom stereocenters. The van der Waals surface area contributed by atoms with Crippen LogP contribution in [-0.4, -0.2) is 99.1 Å². The third-order valence-electron chi connectivity index (χ3n) is 8.16. The number of aromatic nitrogens is 1. The van der Waals surface area contributed by atoms with Gasteiger partial charge in [-0.15, -0.1) is 0 Å². The maximum Gasteiger partial charge on any atom is 0.407 e. The van der Waals surface area contributed by atoms with E-state index in [9.17, 15) is 24.6 Å². The predicted octanol–water partition coefficient (Wildman–Crippen LogP) is 3.50. The van der Waals surface area contributed by atoms with E-state index < -0.39 is 54.0 Å². The van der Waals surface area contributed by atoms with Gasteiger partial charge in [-0.25, -0.2) is 9.59 Å². The van der Waals surface area contributed by atoms with Crippen molar-refractivity contribution in [2.75, 3.05) is 20.1 Å². The number of urea groups is 1. The van der Waals surface area contributed by atoms with Gasteiger partial charge >= 0.3 is 12.1 Å². The largest absolute Gasteiger partial charge is 0.444 e. The van der Waals surface area contributed by atoms with Crippen LogP contribution in [0.4, 0.5) is 9.59 Å². The molecule has 6 N–H and O–H groups in total. The molecule has 12 heteroatoms. The Kier molecular flexibility index (Phi) is 15.2. The minimum Gasteiger partial charge on any atom is -0.444 e. The van der Waals surface area contributed by atoms with E-state index in [1.807, 2.05) is 66.7 Å². The molecule has 3 aromatic rings. The van der Waals surface area contributed by atoms with Crippen LogP contribution in [0.3, 0.4) is 0 Å². The lowest BCUT2D eigenvalue weighted by molar-refractivity contribution is -0.125. The molecule has 12 nitrogen and oxygen atoms in total. The number of carbonyl (C=O) groups is 3. The summed E-state index contributed by atoms with van der Waals surface area (Å²) in [6.07, 6.45) is -0.720. The number of hydrogen-bond acceptors (Lipinski definition) is 8. The van der Waals surface area contributed by atoms with Crippen molar-refractivity contribution in [3.8, 4) is 0 Å². The number of pyridine rings is 1. The maximum absolute atomic E-state index is 14.3. The van der Waals surface area contributed by atoms with Crippen molar-refractivity contribution < 1.29 is 29.3 Å². The number of aliphatic hydroxyl groups is 2. The number of hydrogen-bond donors (Lipinski definition) is 5. The molecule has 1 unspecified atom stereocenters. The first-order valence-electron chi connectivity index (χ1n) is 17.0. The van der Waals surface area contributed by atoms with Crippen molar-refractivity contribution in [2.24, 2.45) is 11.7 Å². The summed E-state index contributed by atoms with van der Waals surface area (Å²) in [4.78, 5) is 47.1. The minimum atomic E-state index is -1.19. The number of alkyl carbamates (subject to hydrolysis) is 1. The summed E-state index contributed by atoms with van der Waals surface area (Å²) in [7, 11) is 1.62. The van der Waals surface area contributed by atoms with Gasteiger partial charge in [0.05, 0.1) is 36.5 Å². The number of nitrogens with zero attached hydrogens (tertiary/aromatic N) is 3. The number of aliphatic hydroxyl groups excluding tert-OH is 2. The van der Waals surface area contributed by atoms with E-state index in [0.717, 1.165) is 11.1 Å². The molecule has 0 aliphatic carbocycles. The fourth-order valence-electron chi connectivity index (χ4n) is 5.80. The minimum absolute atomic E-state index is 0.000626. The van der Waals surface area contributed by atoms with Gasteiger partial charge < -0.3 is 41.1 Å². The Morgan fingerprint density at radius 2 is 1.42 bits per heavy atom. The molecule has 1 heterocycles. The molecule has 0 bridgehead atoms. The summed E-state index contributed by atoms with van der Waals surface area (Å²) in [6, 6.07) is 21.1. The topological polar surface area (TPSA) is 170 Å². The molecule has 4 amide bonds. The third kappa shape index (κ3) is 12.7. The zero-order chi connectivity index (χ0) is 36.8. The van der Waals surface area contributed by atoms with E-state index in [1.165, 1.54) is 9.80 Å². The van der Waals surface area contributed by atoms with Gasteiger partial charge in [0.2, 0.25) is 5.91 Å². The van der Waals surface area contributed by atoms with Gasteiger partial charge in [-0.1, -0.05) is 80.6 Å². The lowest BCUT2D eigenvalue weighted by Crippen LogP contribution is -2.62. The van der Waals surface area contributed by atoms with Crippen LogP contribution < -0.4 is 16.4 Å². The van der Waals surface area contributed by atoms with Gasteiger partial charge in [-0.05, 0) is 62.8 Å². The predicted molar refractivity (Wildman–Crippen MR) is 193 cm³/mol. The van der Waals surface area contributed by atoms with Crippen LogP contribution in [0.15, 0.2) is 85.1 Å². The van der Waals surface area contributed by atoms with Crippen LogP contribution in [0.25, 0.3) is 0 Å². The highest BCUT2D eigenvalue weighted by molar-refractivity contribution is 5.86. The Morgan fingerprint density at radius 3 is 1.94 bits per heavy atom. The van der Waals surface area contributed by atoms with Gasteiger partial charge in [0, 0.05) is 26.3 Å². The number of amides is 4. The number of nitrogens with one attached hydrogen (secondary N) is 2. The maximum atomic E-state index is 14.3. The van der Waals surface area contributed by atoms with Crippen LogP contribution in [0.2, 0.25) is 0 Å². The third-order valence-corrected chi connectivity index (χ3v) is 8.16. The summed E-state index contributed by atoms with van der Waals surface area (Å²) in [5, 5.41) is 29.0. The van der Waals surface area contributed by atoms with Crippen molar-refractivity contribution in [3.63, 3.8) is 0 Å². The van der Waals surface area contributed by atoms with Crippen LogP contribution in [0.5, 0.6) is 0 Å². The molecular weight excluding hydrogens is 636 g/mol. The van der Waals surface area contributed by atoms with E-state index in [2.05, 4.69) is 15.6 Å². The smallest absolute Gasteiger partial charge is 0.407 e. The van der Waals surface area contributed by atoms with Crippen LogP contribution >= 0.6 is 0 Å². The first-order chi connectivity index (χ1) is 23.7. The molecule has 0 fully saturated rings. The summed E-state index contributed by atoms with van der Waals surface area (Å²) >= 11 is 0. The molecule has 0 spiro atoms. The van der Waals surface area contributed by atoms with Crippen LogP contribution in [0, 0.1) is 5.92 Å². The summed E-state index contributed by atoms with van der Waals surface area (Å²) < 4.78 is 5.45. The molecule has 3 rings (SSSR count). The average molecular weight is 691 g/mol. The van der Waals surface area contributed by atoms with Gasteiger partial charge in [-0.3, -0.25) is 9.78 Å². The Balaban J connectivity index is 1.86. The van der Waals surface area contributed by atoms with Gasteiger partial charge in [0.15, 0.2) is 0 Å². The molecule has 0 radical (unpaired) electrons. The Hall–Kier alpha value is -4.52. The molecule has 1 aromatic heterocycles. The van der Waals surface area contributed by atoms with Gasteiger partial charge in [-0.2, -0.15) is 0 Å². The summed E-state index contributed by atoms with van der Waals surface area (Å²) in [5.74, 6) is -1.05. The van der Waals surface area contributed by atoms with Gasteiger partial charge in [0.25, 0.3) is 0 Å². The highest BCUT2D eigenvalue weighted by Crippen LogP contribution is 2.23. The highest BCUT2D eigenvalue weighted by atomic mass is 16.6. The molecule has 0 aliphatic rings. The molecule has 0 saturated carbocycles. The van der Waals surface area contributed by atoms with E-state index in [-0.39, 0.29) is 32.0 Å². The average Bonchev–Trinajstić information content (AvgIpc) is 3.05. The zero-order valence-electron chi connectivity index (χ0n) is 30.0. The normalized spacial score (nSPS) is 14.6. The zero-order valence-corrected chi connectivity index (χ0v) is 30.0. The number of carbonyl (C=O) groups excluding carboxylic acids is 3. The fourth-order valence-corrected chi connectivity index (χ4v) is 5.80. The Bertz CT molecular complexity index is 1470. The SMILES string of the molecule is CC(C)[C@@H](C(N)=O)N(C(=O)N(C)Cc1ccccn1)[C@H](Cc1ccccc1)[C@@H](O)CNCC(O)[C@@H](Cc1ccccc1)NC(=O)OC(C)(C)C. The van der Waals surface area contributed by atoms with E-state index in [0.29, 0.717) is 12.1 Å². The van der Waals surface area contributed by atoms with Gasteiger partial charge in [0.1, 0.15) is 11.6 Å². The molecular formula is C38H54N6O6. The standard InChI is InChI=1S/C38H54N6O6/c1-26(2)34(35(39)47)44(37(49)43(6)25-29-19-13-14-20-41-29)31(22-28-17-11-8-12-18-28)33(46)24-40-23-32(45)30(21-27-15-9-7-10-16-27)42-36(48)50-38(3,4)5/h7-20,26,30-34,40,45-46H,21-25H2,1-6H3,(H2,39,47)(H,42,48)/t30-,31-,32?,33+,34+/m1/s1. The number of primary amides is 1. The second-order valence-electron chi connectivity index (χ2n) is 14.0. The van der Waals surface area contributed by atoms with E-state index in [4.69, 9.17) is 10.5 Å². The molecule has 272 valence electrons. The van der Waals surface area contributed by atoms with Crippen molar-refractivity contribution in [1.82, 2.24) is 25.4 Å². The fraction of sp³-hybridized carbons (Fsp3) is 0.474. The molecule has 50 heavy (non-hydrogen) atoms. The second kappa shape index (κ2) is 19.0. The number of benzene rings is 2. The second-order valence-corrected chi connectivity index (χ2v) is 14.0. The van der Waals surface area contributed by atoms with Crippen LogP contribution in [0.1, 0.15) is 51.4 Å². The number of rotatable bonds is 17. The van der Waals surface area contributed by atoms with E-state index in [1.54, 1.807) is 60.0 Å². The Labute approximate surface area is 296 Å². The lowest BCUT2D eigenvalue weighted by atomic mass is 9.94. The monoisotopic (exact) mass is 690 g/mol. The molecule has 2 aromatic carbocycles. The first kappa shape index (κ1) is 39.9. The number of ether oxygens (including phenoxy) is 1. The van der Waals surface area contributed by atoms with Crippen molar-refractivity contribution >= 4 is 18.0 Å². The quantitative estimate of drug-likeness (QED) is 0.143. The van der Waals surface area contributed by atoms with E-state index >= 15 is 0 Å².